The summed E-state index contributed by atoms with van der Waals surface area (Å²) in [5.74, 6) is -4.64. The lowest BCUT2D eigenvalue weighted by Crippen LogP contribution is -2.38. The van der Waals surface area contributed by atoms with Gasteiger partial charge in [0.25, 0.3) is 0 Å². The molecule has 0 aliphatic carbocycles. The highest BCUT2D eigenvalue weighted by atomic mass is 32.1. The fourth-order valence-electron chi connectivity index (χ4n) is 0.477. The maximum Gasteiger partial charge on any atom is 0.453 e. The molecule has 0 aromatic heterocycles. The van der Waals surface area contributed by atoms with Crippen LogP contribution in [-0.2, 0) is 0 Å². The van der Waals surface area contributed by atoms with Crippen molar-refractivity contribution in [3.63, 3.8) is 0 Å². The lowest BCUT2D eigenvalue weighted by atomic mass is 10.2. The lowest BCUT2D eigenvalue weighted by molar-refractivity contribution is -0.283. The van der Waals surface area contributed by atoms with Crippen LogP contribution in [0.4, 0.5) is 22.0 Å². The van der Waals surface area contributed by atoms with Gasteiger partial charge >= 0.3 is 12.1 Å². The topological polar surface area (TPSA) is 0 Å². The smallest absolute Gasteiger partial charge is 0.196 e. The Labute approximate surface area is 66.2 Å². The van der Waals surface area contributed by atoms with Crippen LogP contribution in [0.5, 0.6) is 0 Å². The molecular formula is C5H6F5S. The number of rotatable bonds is 2. The largest absolute Gasteiger partial charge is 0.453 e. The van der Waals surface area contributed by atoms with Crippen molar-refractivity contribution in [3.05, 3.63) is 0 Å². The molecular weight excluding hydrogens is 187 g/mol. The van der Waals surface area contributed by atoms with E-state index in [2.05, 4.69) is 12.6 Å². The van der Waals surface area contributed by atoms with E-state index in [9.17, 15) is 22.0 Å². The Morgan fingerprint density at radius 3 is 1.64 bits per heavy atom. The maximum absolute atomic E-state index is 12.0. The zero-order chi connectivity index (χ0) is 9.28. The van der Waals surface area contributed by atoms with Crippen molar-refractivity contribution in [2.75, 3.05) is 0 Å². The predicted molar refractivity (Wildman–Crippen MR) is 32.7 cm³/mol. The van der Waals surface area contributed by atoms with E-state index in [0.29, 0.717) is 0 Å². The molecule has 67 valence electrons. The van der Waals surface area contributed by atoms with Crippen LogP contribution in [0.3, 0.4) is 0 Å². The number of alkyl halides is 5. The summed E-state index contributed by atoms with van der Waals surface area (Å²) in [6.07, 6.45) is -6.80. The van der Waals surface area contributed by atoms with E-state index >= 15 is 0 Å². The fourth-order valence-corrected chi connectivity index (χ4v) is 0.686. The highest BCUT2D eigenvalue weighted by Gasteiger charge is 2.57. The minimum atomic E-state index is -5.47. The van der Waals surface area contributed by atoms with Gasteiger partial charge in [0.1, 0.15) is 0 Å². The maximum atomic E-state index is 12.0. The first-order valence-corrected chi connectivity index (χ1v) is 3.24. The standard InChI is InChI=1S/C5H6F5S/c1-3(11)2-4(6,7)5(8,9)10/h3H,2H2,1H3. The molecule has 0 aromatic carbocycles. The molecule has 0 N–H and O–H groups in total. The van der Waals surface area contributed by atoms with Crippen molar-refractivity contribution >= 4 is 12.6 Å². The molecule has 0 aliphatic rings. The minimum absolute atomic E-state index is 1.08. The second-order valence-corrected chi connectivity index (χ2v) is 3.02. The predicted octanol–water partition coefficient (Wildman–Crippen LogP) is 3.16. The van der Waals surface area contributed by atoms with E-state index in [-0.39, 0.29) is 0 Å². The number of halogens is 5. The van der Waals surface area contributed by atoms with E-state index in [1.165, 1.54) is 0 Å². The van der Waals surface area contributed by atoms with E-state index in [1.54, 1.807) is 0 Å². The number of hydrogen-bond acceptors (Lipinski definition) is 0. The highest BCUT2D eigenvalue weighted by molar-refractivity contribution is 7.80. The molecule has 1 radical (unpaired) electrons. The summed E-state index contributed by atoms with van der Waals surface area (Å²) < 4.78 is 58.2. The Hall–Kier alpha value is -0.0000000000000000555. The molecule has 11 heavy (non-hydrogen) atoms. The van der Waals surface area contributed by atoms with E-state index in [0.717, 1.165) is 6.92 Å². The Kier molecular flexibility index (Phi) is 3.16. The first-order chi connectivity index (χ1) is 4.67. The van der Waals surface area contributed by atoms with Crippen molar-refractivity contribution in [1.29, 1.82) is 0 Å². The summed E-state index contributed by atoms with van der Waals surface area (Å²) in [5, 5.41) is -1.08. The van der Waals surface area contributed by atoms with Crippen LogP contribution in [0, 0.1) is 0 Å². The average Bonchev–Trinajstić information content (AvgIpc) is 1.56. The summed E-state index contributed by atoms with van der Waals surface area (Å²) in [5.41, 5.74) is 0. The van der Waals surface area contributed by atoms with Crippen molar-refractivity contribution in [1.82, 2.24) is 0 Å². The van der Waals surface area contributed by atoms with Crippen molar-refractivity contribution in [3.8, 4) is 0 Å². The molecule has 0 bridgehead atoms. The fraction of sp³-hybridized carbons (Fsp3) is 1.00. The summed E-state index contributed by atoms with van der Waals surface area (Å²) in [4.78, 5) is 0. The Bertz CT molecular complexity index is 127. The van der Waals surface area contributed by atoms with Crippen LogP contribution in [-0.4, -0.2) is 17.3 Å². The van der Waals surface area contributed by atoms with Gasteiger partial charge in [0.15, 0.2) is 0 Å². The molecule has 0 spiro atoms. The third kappa shape index (κ3) is 3.27. The third-order valence-electron chi connectivity index (χ3n) is 0.959. The molecule has 0 aliphatic heterocycles. The van der Waals surface area contributed by atoms with Crippen molar-refractivity contribution < 1.29 is 22.0 Å². The molecule has 0 aromatic rings. The summed E-state index contributed by atoms with van der Waals surface area (Å²) in [6, 6.07) is 0. The van der Waals surface area contributed by atoms with Gasteiger partial charge in [0.2, 0.25) is 0 Å². The second kappa shape index (κ2) is 3.16. The first kappa shape index (κ1) is 11.0. The molecule has 0 saturated heterocycles. The Balaban J connectivity index is 4.22. The Morgan fingerprint density at radius 2 is 1.55 bits per heavy atom. The second-order valence-electron chi connectivity index (χ2n) is 2.22. The van der Waals surface area contributed by atoms with Gasteiger partial charge in [-0.25, -0.2) is 0 Å². The summed E-state index contributed by atoms with van der Waals surface area (Å²) >= 11 is 4.22. The normalized spacial score (nSPS) is 16.6. The third-order valence-corrected chi connectivity index (χ3v) is 1.13. The van der Waals surface area contributed by atoms with Crippen LogP contribution >= 0.6 is 12.6 Å². The minimum Gasteiger partial charge on any atom is -0.196 e. The van der Waals surface area contributed by atoms with Crippen molar-refractivity contribution in [2.24, 2.45) is 0 Å². The molecule has 0 heterocycles. The van der Waals surface area contributed by atoms with Gasteiger partial charge in [-0.1, -0.05) is 19.6 Å². The molecule has 0 rings (SSSR count). The van der Waals surface area contributed by atoms with Crippen LogP contribution in [0.25, 0.3) is 0 Å². The SMILES string of the molecule is CC([S])CC(F)(F)C(F)(F)F. The average molecular weight is 193 g/mol. The lowest BCUT2D eigenvalue weighted by Gasteiger charge is -2.20. The Morgan fingerprint density at radius 1 is 1.18 bits per heavy atom. The molecule has 6 heteroatoms. The molecule has 0 nitrogen and oxygen atoms in total. The van der Waals surface area contributed by atoms with E-state index < -0.39 is 23.8 Å². The summed E-state index contributed by atoms with van der Waals surface area (Å²) in [7, 11) is 0. The highest BCUT2D eigenvalue weighted by Crippen LogP contribution is 2.39. The molecule has 1 atom stereocenters. The van der Waals surface area contributed by atoms with Gasteiger partial charge in [0.05, 0.1) is 0 Å². The molecule has 0 fully saturated rings. The number of hydrogen-bond donors (Lipinski definition) is 0. The van der Waals surface area contributed by atoms with Gasteiger partial charge in [-0.3, -0.25) is 0 Å². The van der Waals surface area contributed by atoms with Crippen molar-refractivity contribution in [2.45, 2.75) is 30.7 Å². The van der Waals surface area contributed by atoms with Gasteiger partial charge in [-0.2, -0.15) is 22.0 Å². The van der Waals surface area contributed by atoms with Gasteiger partial charge in [-0.05, 0) is 0 Å². The zero-order valence-electron chi connectivity index (χ0n) is 5.58. The van der Waals surface area contributed by atoms with Crippen LogP contribution in [0.15, 0.2) is 0 Å². The molecule has 1 unspecified atom stereocenters. The summed E-state index contributed by atoms with van der Waals surface area (Å²) in [6.45, 7) is 1.13. The van der Waals surface area contributed by atoms with Crippen LogP contribution in [0.2, 0.25) is 0 Å². The van der Waals surface area contributed by atoms with Gasteiger partial charge < -0.3 is 0 Å². The molecule has 0 saturated carbocycles. The van der Waals surface area contributed by atoms with E-state index in [1.807, 2.05) is 0 Å². The molecule has 0 amide bonds. The van der Waals surface area contributed by atoms with E-state index in [4.69, 9.17) is 0 Å². The zero-order valence-corrected chi connectivity index (χ0v) is 6.40. The van der Waals surface area contributed by atoms with Crippen LogP contribution < -0.4 is 0 Å². The van der Waals surface area contributed by atoms with Crippen LogP contribution in [0.1, 0.15) is 13.3 Å². The van der Waals surface area contributed by atoms with Gasteiger partial charge in [-0.15, -0.1) is 0 Å². The van der Waals surface area contributed by atoms with Gasteiger partial charge in [0, 0.05) is 11.7 Å². The first-order valence-electron chi connectivity index (χ1n) is 2.77. The quantitative estimate of drug-likeness (QED) is 0.591. The monoisotopic (exact) mass is 193 g/mol.